The van der Waals surface area contributed by atoms with E-state index in [0.717, 1.165) is 12.1 Å². The molecular weight excluding hydrogens is 260 g/mol. The van der Waals surface area contributed by atoms with Crippen molar-refractivity contribution in [2.24, 2.45) is 11.5 Å². The summed E-state index contributed by atoms with van der Waals surface area (Å²) in [6.07, 6.45) is -4.22. The Morgan fingerprint density at radius 1 is 1.24 bits per heavy atom. The van der Waals surface area contributed by atoms with E-state index in [1.165, 1.54) is 0 Å². The first-order chi connectivity index (χ1) is 7.36. The van der Waals surface area contributed by atoms with Gasteiger partial charge >= 0.3 is 6.18 Å². The summed E-state index contributed by atoms with van der Waals surface area (Å²) in [7, 11) is 0. The minimum absolute atomic E-state index is 0. The van der Waals surface area contributed by atoms with Gasteiger partial charge in [-0.2, -0.15) is 13.2 Å². The maximum atomic E-state index is 13.3. The molecule has 0 aliphatic carbocycles. The summed E-state index contributed by atoms with van der Waals surface area (Å²) in [5.41, 5.74) is 9.83. The molecule has 0 saturated carbocycles. The summed E-state index contributed by atoms with van der Waals surface area (Å²) >= 11 is 0. The van der Waals surface area contributed by atoms with E-state index in [0.29, 0.717) is 12.5 Å². The smallest absolute Gasteiger partial charge is 0.330 e. The van der Waals surface area contributed by atoms with Crippen molar-refractivity contribution in [3.8, 4) is 0 Å². The molecule has 2 nitrogen and oxygen atoms in total. The number of alkyl halides is 3. The van der Waals surface area contributed by atoms with E-state index in [2.05, 4.69) is 0 Å². The van der Waals surface area contributed by atoms with Crippen LogP contribution in [-0.4, -0.2) is 6.54 Å². The molecule has 0 aromatic heterocycles. The van der Waals surface area contributed by atoms with Crippen LogP contribution in [-0.2, 0) is 6.18 Å². The van der Waals surface area contributed by atoms with Gasteiger partial charge in [-0.25, -0.2) is 4.39 Å². The quantitative estimate of drug-likeness (QED) is 0.831. The molecule has 0 saturated heterocycles. The van der Waals surface area contributed by atoms with Crippen molar-refractivity contribution in [3.05, 3.63) is 35.1 Å². The average molecular weight is 273 g/mol. The summed E-state index contributed by atoms with van der Waals surface area (Å²) in [5.74, 6) is -0.948. The van der Waals surface area contributed by atoms with Crippen LogP contribution in [0.4, 0.5) is 17.6 Å². The first-order valence-electron chi connectivity index (χ1n) is 4.68. The fraction of sp³-hybridized carbons (Fsp3) is 0.400. The third-order valence-corrected chi connectivity index (χ3v) is 2.20. The zero-order valence-corrected chi connectivity index (χ0v) is 9.61. The predicted octanol–water partition coefficient (Wildman–Crippen LogP) is 2.61. The Hall–Kier alpha value is -0.850. The van der Waals surface area contributed by atoms with Crippen molar-refractivity contribution in [1.82, 2.24) is 0 Å². The number of benzene rings is 1. The first kappa shape index (κ1) is 16.1. The molecule has 1 aromatic rings. The Morgan fingerprint density at radius 3 is 2.24 bits per heavy atom. The predicted molar refractivity (Wildman–Crippen MR) is 59.2 cm³/mol. The second-order valence-corrected chi connectivity index (χ2v) is 3.42. The van der Waals surface area contributed by atoms with Crippen LogP contribution in [0.2, 0.25) is 0 Å². The zero-order chi connectivity index (χ0) is 12.3. The lowest BCUT2D eigenvalue weighted by atomic mass is 10.0. The molecule has 1 atom stereocenters. The standard InChI is InChI=1S/C10H12F4N2.ClH/c11-8-5-6(10(12,13)14)1-2-7(8)9(16)3-4-15;/h1-2,5,9H,3-4,15-16H2;1H/t9-;/m1./s1. The Labute approximate surface area is 102 Å². The Bertz CT molecular complexity index is 368. The van der Waals surface area contributed by atoms with Gasteiger partial charge in [0.05, 0.1) is 5.56 Å². The van der Waals surface area contributed by atoms with Crippen LogP contribution in [0.25, 0.3) is 0 Å². The second-order valence-electron chi connectivity index (χ2n) is 3.42. The molecule has 1 rings (SSSR count). The van der Waals surface area contributed by atoms with Gasteiger partial charge in [0.15, 0.2) is 0 Å². The van der Waals surface area contributed by atoms with E-state index < -0.39 is 23.6 Å². The molecular formula is C10H13ClF4N2. The van der Waals surface area contributed by atoms with E-state index in [1.54, 1.807) is 0 Å². The maximum Gasteiger partial charge on any atom is 0.416 e. The molecule has 0 amide bonds. The van der Waals surface area contributed by atoms with Gasteiger partial charge in [0.1, 0.15) is 5.82 Å². The Balaban J connectivity index is 0.00000256. The third kappa shape index (κ3) is 4.14. The highest BCUT2D eigenvalue weighted by Gasteiger charge is 2.31. The lowest BCUT2D eigenvalue weighted by Crippen LogP contribution is -2.17. The molecule has 0 heterocycles. The Morgan fingerprint density at radius 2 is 1.82 bits per heavy atom. The summed E-state index contributed by atoms with van der Waals surface area (Å²) in [4.78, 5) is 0. The van der Waals surface area contributed by atoms with Crippen molar-refractivity contribution >= 4 is 12.4 Å². The number of hydrogen-bond acceptors (Lipinski definition) is 2. The summed E-state index contributed by atoms with van der Waals surface area (Å²) in [6.45, 7) is 0.252. The molecule has 7 heteroatoms. The highest BCUT2D eigenvalue weighted by atomic mass is 35.5. The largest absolute Gasteiger partial charge is 0.416 e. The molecule has 1 aromatic carbocycles. The molecule has 0 spiro atoms. The molecule has 0 aliphatic rings. The van der Waals surface area contributed by atoms with Crippen LogP contribution < -0.4 is 11.5 Å². The molecule has 0 unspecified atom stereocenters. The van der Waals surface area contributed by atoms with E-state index in [9.17, 15) is 17.6 Å². The topological polar surface area (TPSA) is 52.0 Å². The molecule has 0 bridgehead atoms. The summed E-state index contributed by atoms with van der Waals surface area (Å²) in [6, 6.07) is 1.64. The molecule has 0 radical (unpaired) electrons. The third-order valence-electron chi connectivity index (χ3n) is 2.20. The van der Waals surface area contributed by atoms with Crippen LogP contribution in [0.3, 0.4) is 0 Å². The second kappa shape index (κ2) is 6.18. The van der Waals surface area contributed by atoms with Gasteiger partial charge in [-0.15, -0.1) is 12.4 Å². The molecule has 0 fully saturated rings. The average Bonchev–Trinajstić information content (AvgIpc) is 2.16. The van der Waals surface area contributed by atoms with Crippen LogP contribution in [0.5, 0.6) is 0 Å². The summed E-state index contributed by atoms with van der Waals surface area (Å²) in [5, 5.41) is 0. The zero-order valence-electron chi connectivity index (χ0n) is 8.80. The molecule has 98 valence electrons. The lowest BCUT2D eigenvalue weighted by molar-refractivity contribution is -0.137. The minimum atomic E-state index is -4.54. The fourth-order valence-corrected chi connectivity index (χ4v) is 1.34. The van der Waals surface area contributed by atoms with Crippen molar-refractivity contribution in [2.45, 2.75) is 18.6 Å². The SMILES string of the molecule is Cl.NCC[C@@H](N)c1ccc(C(F)(F)F)cc1F. The molecule has 0 aliphatic heterocycles. The lowest BCUT2D eigenvalue weighted by Gasteiger charge is -2.13. The molecule has 17 heavy (non-hydrogen) atoms. The van der Waals surface area contributed by atoms with Crippen LogP contribution in [0.1, 0.15) is 23.6 Å². The van der Waals surface area contributed by atoms with Gasteiger partial charge < -0.3 is 11.5 Å². The van der Waals surface area contributed by atoms with Crippen molar-refractivity contribution in [3.63, 3.8) is 0 Å². The normalized spacial score (nSPS) is 13.1. The van der Waals surface area contributed by atoms with E-state index in [-0.39, 0.29) is 24.5 Å². The van der Waals surface area contributed by atoms with Gasteiger partial charge in [0.2, 0.25) is 0 Å². The van der Waals surface area contributed by atoms with Crippen molar-refractivity contribution in [2.75, 3.05) is 6.54 Å². The van der Waals surface area contributed by atoms with Gasteiger partial charge in [-0.1, -0.05) is 6.07 Å². The van der Waals surface area contributed by atoms with Crippen LogP contribution >= 0.6 is 12.4 Å². The van der Waals surface area contributed by atoms with E-state index >= 15 is 0 Å². The number of halogens is 5. The minimum Gasteiger partial charge on any atom is -0.330 e. The molecule has 4 N–H and O–H groups in total. The van der Waals surface area contributed by atoms with Gasteiger partial charge in [-0.05, 0) is 25.1 Å². The number of nitrogens with two attached hydrogens (primary N) is 2. The highest BCUT2D eigenvalue weighted by Crippen LogP contribution is 2.31. The van der Waals surface area contributed by atoms with E-state index in [4.69, 9.17) is 11.5 Å². The number of hydrogen-bond donors (Lipinski definition) is 2. The van der Waals surface area contributed by atoms with E-state index in [1.807, 2.05) is 0 Å². The van der Waals surface area contributed by atoms with Gasteiger partial charge in [0.25, 0.3) is 0 Å². The van der Waals surface area contributed by atoms with Crippen LogP contribution in [0.15, 0.2) is 18.2 Å². The fourth-order valence-electron chi connectivity index (χ4n) is 1.34. The first-order valence-corrected chi connectivity index (χ1v) is 4.68. The highest BCUT2D eigenvalue weighted by molar-refractivity contribution is 5.85. The summed E-state index contributed by atoms with van der Waals surface area (Å²) < 4.78 is 50.0. The van der Waals surface area contributed by atoms with Crippen molar-refractivity contribution in [1.29, 1.82) is 0 Å². The van der Waals surface area contributed by atoms with Crippen molar-refractivity contribution < 1.29 is 17.6 Å². The van der Waals surface area contributed by atoms with Gasteiger partial charge in [-0.3, -0.25) is 0 Å². The number of rotatable bonds is 3. The monoisotopic (exact) mass is 272 g/mol. The van der Waals surface area contributed by atoms with Gasteiger partial charge in [0, 0.05) is 11.6 Å². The maximum absolute atomic E-state index is 13.3. The van der Waals surface area contributed by atoms with Crippen LogP contribution in [0, 0.1) is 5.82 Å². The Kier molecular flexibility index (Phi) is 5.87.